The zero-order valence-corrected chi connectivity index (χ0v) is 21.2. The Labute approximate surface area is 215 Å². The molecule has 3 aromatic carbocycles. The van der Waals surface area contributed by atoms with E-state index in [1.807, 2.05) is 60.7 Å². The van der Waals surface area contributed by atoms with Gasteiger partial charge in [-0.05, 0) is 57.9 Å². The van der Waals surface area contributed by atoms with E-state index in [0.717, 1.165) is 16.5 Å². The minimum absolute atomic E-state index is 0.233. The van der Waals surface area contributed by atoms with E-state index in [1.165, 1.54) is 4.90 Å². The molecule has 0 aliphatic carbocycles. The van der Waals surface area contributed by atoms with Crippen LogP contribution in [-0.2, 0) is 14.3 Å². The first kappa shape index (κ1) is 25.8. The van der Waals surface area contributed by atoms with Crippen molar-refractivity contribution in [2.45, 2.75) is 45.3 Å². The van der Waals surface area contributed by atoms with Gasteiger partial charge in [0.25, 0.3) is 0 Å². The molecule has 4 rings (SSSR count). The molecule has 1 aliphatic heterocycles. The lowest BCUT2D eigenvalue weighted by Gasteiger charge is -2.25. The monoisotopic (exact) mass is 501 g/mol. The Balaban J connectivity index is 1.46. The van der Waals surface area contributed by atoms with Crippen molar-refractivity contribution < 1.29 is 19.1 Å². The van der Waals surface area contributed by atoms with Gasteiger partial charge in [-0.15, -0.1) is 5.11 Å². The molecule has 1 fully saturated rings. The lowest BCUT2D eigenvalue weighted by molar-refractivity contribution is -0.135. The number of amides is 3. The molecule has 3 amide bonds. The van der Waals surface area contributed by atoms with Gasteiger partial charge in [-0.1, -0.05) is 42.5 Å². The standard InChI is InChI=1S/C28H31N5O4/c1-28(2,3)37-27(36)29-18-25(34)33-17-9-14-24(33)26(35)30-22-15-16-23(21-13-8-7-12-20(21)22)32-31-19-10-5-4-6-11-19/h4-8,10-13,15-16,24H,9,14,17-18H2,1-3H3,(H,29,36)(H,30,35)/t24-/m0/s1. The zero-order valence-electron chi connectivity index (χ0n) is 21.2. The van der Waals surface area contributed by atoms with E-state index >= 15 is 0 Å². The molecule has 2 N–H and O–H groups in total. The number of hydrogen-bond acceptors (Lipinski definition) is 6. The van der Waals surface area contributed by atoms with Crippen LogP contribution in [0, 0.1) is 0 Å². The van der Waals surface area contributed by atoms with Gasteiger partial charge in [-0.2, -0.15) is 5.11 Å². The maximum atomic E-state index is 13.2. The highest BCUT2D eigenvalue weighted by molar-refractivity contribution is 6.07. The van der Waals surface area contributed by atoms with Crippen molar-refractivity contribution in [3.8, 4) is 0 Å². The van der Waals surface area contributed by atoms with E-state index in [1.54, 1.807) is 26.8 Å². The minimum Gasteiger partial charge on any atom is -0.444 e. The lowest BCUT2D eigenvalue weighted by atomic mass is 10.1. The molecular formula is C28H31N5O4. The first-order chi connectivity index (χ1) is 17.7. The number of hydrogen-bond donors (Lipinski definition) is 2. The van der Waals surface area contributed by atoms with Gasteiger partial charge in [0.05, 0.1) is 11.4 Å². The Morgan fingerprint density at radius 3 is 2.38 bits per heavy atom. The SMILES string of the molecule is CC(C)(C)OC(=O)NCC(=O)N1CCC[C@H]1C(=O)Nc1ccc(N=Nc2ccccc2)c2ccccc12. The average Bonchev–Trinajstić information content (AvgIpc) is 3.37. The van der Waals surface area contributed by atoms with Gasteiger partial charge in [0, 0.05) is 23.0 Å². The number of fused-ring (bicyclic) bond motifs is 1. The Morgan fingerprint density at radius 2 is 1.65 bits per heavy atom. The highest BCUT2D eigenvalue weighted by atomic mass is 16.6. The molecule has 0 bridgehead atoms. The molecule has 0 radical (unpaired) electrons. The van der Waals surface area contributed by atoms with E-state index in [0.29, 0.717) is 30.8 Å². The minimum atomic E-state index is -0.669. The zero-order chi connectivity index (χ0) is 26.4. The fraction of sp³-hybridized carbons (Fsp3) is 0.321. The van der Waals surface area contributed by atoms with Crippen LogP contribution in [0.2, 0.25) is 0 Å². The molecule has 192 valence electrons. The van der Waals surface area contributed by atoms with Crippen LogP contribution in [0.5, 0.6) is 0 Å². The third-order valence-electron chi connectivity index (χ3n) is 5.85. The largest absolute Gasteiger partial charge is 0.444 e. The van der Waals surface area contributed by atoms with E-state index in [-0.39, 0.29) is 18.4 Å². The summed E-state index contributed by atoms with van der Waals surface area (Å²) >= 11 is 0. The van der Waals surface area contributed by atoms with Crippen molar-refractivity contribution in [3.05, 3.63) is 66.7 Å². The molecule has 37 heavy (non-hydrogen) atoms. The van der Waals surface area contributed by atoms with Crippen LogP contribution in [0.3, 0.4) is 0 Å². The summed E-state index contributed by atoms with van der Waals surface area (Å²) in [6, 6.07) is 20.1. The number of nitrogens with one attached hydrogen (secondary N) is 2. The Hall–Kier alpha value is -4.27. The molecule has 0 aromatic heterocycles. The average molecular weight is 502 g/mol. The maximum absolute atomic E-state index is 13.2. The summed E-state index contributed by atoms with van der Waals surface area (Å²) in [5.74, 6) is -0.600. The second-order valence-corrected chi connectivity index (χ2v) is 9.80. The Morgan fingerprint density at radius 1 is 0.946 bits per heavy atom. The van der Waals surface area contributed by atoms with Crippen molar-refractivity contribution in [2.24, 2.45) is 10.2 Å². The molecule has 0 unspecified atom stereocenters. The smallest absolute Gasteiger partial charge is 0.408 e. The molecule has 1 atom stereocenters. The van der Waals surface area contributed by atoms with E-state index < -0.39 is 17.7 Å². The molecule has 1 heterocycles. The van der Waals surface area contributed by atoms with Gasteiger partial charge in [-0.3, -0.25) is 9.59 Å². The second-order valence-electron chi connectivity index (χ2n) is 9.80. The van der Waals surface area contributed by atoms with E-state index in [4.69, 9.17) is 4.74 Å². The van der Waals surface area contributed by atoms with Gasteiger partial charge in [0.15, 0.2) is 0 Å². The quantitative estimate of drug-likeness (QED) is 0.421. The van der Waals surface area contributed by atoms with Gasteiger partial charge in [-0.25, -0.2) is 4.79 Å². The number of ether oxygens (including phenoxy) is 1. The van der Waals surface area contributed by atoms with Crippen LogP contribution in [0.15, 0.2) is 77.0 Å². The number of rotatable bonds is 6. The van der Waals surface area contributed by atoms with Crippen molar-refractivity contribution >= 4 is 45.7 Å². The molecule has 1 aliphatic rings. The summed E-state index contributed by atoms with van der Waals surface area (Å²) in [4.78, 5) is 39.4. The van der Waals surface area contributed by atoms with Crippen LogP contribution in [0.1, 0.15) is 33.6 Å². The molecule has 9 heteroatoms. The molecule has 1 saturated heterocycles. The molecular weight excluding hydrogens is 470 g/mol. The summed E-state index contributed by atoms with van der Waals surface area (Å²) in [6.07, 6.45) is 0.582. The van der Waals surface area contributed by atoms with Gasteiger partial charge in [0.1, 0.15) is 18.2 Å². The summed E-state index contributed by atoms with van der Waals surface area (Å²) in [5.41, 5.74) is 1.40. The van der Waals surface area contributed by atoms with Crippen molar-refractivity contribution in [1.82, 2.24) is 10.2 Å². The maximum Gasteiger partial charge on any atom is 0.408 e. The number of carbonyl (C=O) groups excluding carboxylic acids is 3. The lowest BCUT2D eigenvalue weighted by Crippen LogP contribution is -2.47. The number of likely N-dealkylation sites (tertiary alicyclic amines) is 1. The predicted octanol–water partition coefficient (Wildman–Crippen LogP) is 5.71. The van der Waals surface area contributed by atoms with E-state index in [9.17, 15) is 14.4 Å². The van der Waals surface area contributed by atoms with Gasteiger partial charge >= 0.3 is 6.09 Å². The van der Waals surface area contributed by atoms with E-state index in [2.05, 4.69) is 20.9 Å². The van der Waals surface area contributed by atoms with Crippen LogP contribution >= 0.6 is 0 Å². The van der Waals surface area contributed by atoms with Crippen LogP contribution < -0.4 is 10.6 Å². The first-order valence-corrected chi connectivity index (χ1v) is 12.3. The number of benzene rings is 3. The first-order valence-electron chi connectivity index (χ1n) is 12.3. The number of carbonyl (C=O) groups is 3. The molecule has 9 nitrogen and oxygen atoms in total. The Kier molecular flexibility index (Phi) is 7.81. The van der Waals surface area contributed by atoms with Crippen molar-refractivity contribution in [3.63, 3.8) is 0 Å². The molecule has 3 aromatic rings. The predicted molar refractivity (Wildman–Crippen MR) is 142 cm³/mol. The highest BCUT2D eigenvalue weighted by Gasteiger charge is 2.34. The normalized spacial score (nSPS) is 15.6. The molecule has 0 saturated carbocycles. The second kappa shape index (κ2) is 11.2. The van der Waals surface area contributed by atoms with Gasteiger partial charge < -0.3 is 20.3 Å². The topological polar surface area (TPSA) is 112 Å². The van der Waals surface area contributed by atoms with Gasteiger partial charge in [0.2, 0.25) is 11.8 Å². The number of nitrogens with zero attached hydrogens (tertiary/aromatic N) is 3. The summed E-state index contributed by atoms with van der Waals surface area (Å²) in [6.45, 7) is 5.46. The van der Waals surface area contributed by atoms with Crippen LogP contribution in [0.4, 0.5) is 21.9 Å². The number of anilines is 1. The summed E-state index contributed by atoms with van der Waals surface area (Å²) in [5, 5.41) is 15.9. The fourth-order valence-corrected chi connectivity index (χ4v) is 4.20. The third kappa shape index (κ3) is 6.69. The Bertz CT molecular complexity index is 1320. The fourth-order valence-electron chi connectivity index (χ4n) is 4.20. The number of alkyl carbamates (subject to hydrolysis) is 1. The summed E-state index contributed by atoms with van der Waals surface area (Å²) < 4.78 is 5.18. The van der Waals surface area contributed by atoms with Crippen LogP contribution in [-0.4, -0.2) is 47.5 Å². The van der Waals surface area contributed by atoms with Crippen molar-refractivity contribution in [2.75, 3.05) is 18.4 Å². The van der Waals surface area contributed by atoms with Crippen LogP contribution in [0.25, 0.3) is 10.8 Å². The van der Waals surface area contributed by atoms with Crippen molar-refractivity contribution in [1.29, 1.82) is 0 Å². The highest BCUT2D eigenvalue weighted by Crippen LogP contribution is 2.33. The molecule has 0 spiro atoms. The summed E-state index contributed by atoms with van der Waals surface area (Å²) in [7, 11) is 0. The third-order valence-corrected chi connectivity index (χ3v) is 5.85. The number of azo groups is 1.